The summed E-state index contributed by atoms with van der Waals surface area (Å²) in [6, 6.07) is 21.5. The molecule has 0 aliphatic heterocycles. The predicted octanol–water partition coefficient (Wildman–Crippen LogP) is 3.31. The second kappa shape index (κ2) is 6.76. The van der Waals surface area contributed by atoms with Gasteiger partial charge >= 0.3 is 0 Å². The molecule has 128 valence electrons. The number of aromatic nitrogens is 4. The number of benzene rings is 3. The van der Waals surface area contributed by atoms with Crippen molar-refractivity contribution >= 4 is 16.7 Å². The van der Waals surface area contributed by atoms with E-state index in [0.29, 0.717) is 5.56 Å². The van der Waals surface area contributed by atoms with Crippen LogP contribution in [-0.2, 0) is 0 Å². The van der Waals surface area contributed by atoms with Gasteiger partial charge in [0.25, 0.3) is 5.91 Å². The van der Waals surface area contributed by atoms with Crippen molar-refractivity contribution in [3.05, 3.63) is 84.2 Å². The van der Waals surface area contributed by atoms with Gasteiger partial charge in [0.1, 0.15) is 6.33 Å². The lowest BCUT2D eigenvalue weighted by Crippen LogP contribution is -2.26. The zero-order chi connectivity index (χ0) is 17.9. The quantitative estimate of drug-likeness (QED) is 0.617. The molecule has 1 heterocycles. The highest BCUT2D eigenvalue weighted by Gasteiger charge is 2.13. The molecule has 4 rings (SSSR count). The van der Waals surface area contributed by atoms with Gasteiger partial charge in [0.2, 0.25) is 0 Å². The van der Waals surface area contributed by atoms with E-state index in [1.165, 1.54) is 16.4 Å². The molecule has 6 heteroatoms. The monoisotopic (exact) mass is 343 g/mol. The second-order valence-electron chi connectivity index (χ2n) is 6.11. The molecule has 0 radical (unpaired) electrons. The highest BCUT2D eigenvalue weighted by atomic mass is 16.1. The number of fused-ring (bicyclic) bond motifs is 1. The number of nitrogens with zero attached hydrogens (tertiary/aromatic N) is 4. The van der Waals surface area contributed by atoms with Crippen LogP contribution >= 0.6 is 0 Å². The minimum absolute atomic E-state index is 0.108. The smallest absolute Gasteiger partial charge is 0.251 e. The number of nitrogens with one attached hydrogen (secondary N) is 1. The molecule has 0 aliphatic rings. The first-order chi connectivity index (χ1) is 12.7. The lowest BCUT2D eigenvalue weighted by Gasteiger charge is -2.15. The summed E-state index contributed by atoms with van der Waals surface area (Å²) in [5.41, 5.74) is 2.36. The Hall–Kier alpha value is -3.54. The third kappa shape index (κ3) is 3.17. The van der Waals surface area contributed by atoms with Gasteiger partial charge in [-0.2, -0.15) is 0 Å². The van der Waals surface area contributed by atoms with Crippen LogP contribution in [0, 0.1) is 0 Å². The van der Waals surface area contributed by atoms with Crippen LogP contribution in [-0.4, -0.2) is 26.1 Å². The van der Waals surface area contributed by atoms with E-state index in [9.17, 15) is 4.79 Å². The third-order valence-corrected chi connectivity index (χ3v) is 4.34. The molecule has 26 heavy (non-hydrogen) atoms. The molecule has 1 aromatic heterocycles. The lowest BCUT2D eigenvalue weighted by atomic mass is 10.0. The standard InChI is InChI=1S/C20H17N5O/c1-14(16-10-9-15-5-2-3-6-17(15)11-16)22-20(26)18-7-4-8-19(12-18)25-13-21-23-24-25/h2-14H,1H3,(H,22,26). The molecular formula is C20H17N5O. The topological polar surface area (TPSA) is 72.7 Å². The zero-order valence-corrected chi connectivity index (χ0v) is 14.2. The summed E-state index contributed by atoms with van der Waals surface area (Å²) in [6.07, 6.45) is 1.49. The molecule has 4 aromatic rings. The van der Waals surface area contributed by atoms with E-state index in [4.69, 9.17) is 0 Å². The Balaban J connectivity index is 1.54. The minimum Gasteiger partial charge on any atom is -0.346 e. The number of hydrogen-bond acceptors (Lipinski definition) is 4. The van der Waals surface area contributed by atoms with Crippen molar-refractivity contribution in [2.24, 2.45) is 0 Å². The molecule has 3 aromatic carbocycles. The number of hydrogen-bond donors (Lipinski definition) is 1. The number of rotatable bonds is 4. The summed E-state index contributed by atoms with van der Waals surface area (Å²) in [7, 11) is 0. The summed E-state index contributed by atoms with van der Waals surface area (Å²) in [4.78, 5) is 12.6. The Labute approximate surface area is 150 Å². The maximum Gasteiger partial charge on any atom is 0.251 e. The van der Waals surface area contributed by atoms with Crippen molar-refractivity contribution in [2.75, 3.05) is 0 Å². The van der Waals surface area contributed by atoms with Gasteiger partial charge in [-0.05, 0) is 58.0 Å². The molecule has 1 unspecified atom stereocenters. The fourth-order valence-electron chi connectivity index (χ4n) is 2.91. The predicted molar refractivity (Wildman–Crippen MR) is 99.0 cm³/mol. The first kappa shape index (κ1) is 16.0. The average molecular weight is 343 g/mol. The highest BCUT2D eigenvalue weighted by molar-refractivity contribution is 5.95. The first-order valence-corrected chi connectivity index (χ1v) is 8.34. The Kier molecular flexibility index (Phi) is 4.15. The summed E-state index contributed by atoms with van der Waals surface area (Å²) < 4.78 is 1.52. The van der Waals surface area contributed by atoms with E-state index in [2.05, 4.69) is 45.1 Å². The number of tetrazole rings is 1. The van der Waals surface area contributed by atoms with Crippen molar-refractivity contribution in [1.29, 1.82) is 0 Å². The Morgan fingerprint density at radius 2 is 1.85 bits per heavy atom. The average Bonchev–Trinajstić information content (AvgIpc) is 3.22. The summed E-state index contributed by atoms with van der Waals surface area (Å²) in [5, 5.41) is 16.5. The maximum atomic E-state index is 12.6. The number of amides is 1. The van der Waals surface area contributed by atoms with E-state index < -0.39 is 0 Å². The molecule has 6 nitrogen and oxygen atoms in total. The van der Waals surface area contributed by atoms with Crippen molar-refractivity contribution in [3.8, 4) is 5.69 Å². The van der Waals surface area contributed by atoms with Gasteiger partial charge in [0, 0.05) is 5.56 Å². The fourth-order valence-corrected chi connectivity index (χ4v) is 2.91. The lowest BCUT2D eigenvalue weighted by molar-refractivity contribution is 0.0940. The van der Waals surface area contributed by atoms with Gasteiger partial charge in [-0.1, -0.05) is 42.5 Å². The van der Waals surface area contributed by atoms with Crippen LogP contribution in [0.5, 0.6) is 0 Å². The molecule has 0 saturated heterocycles. The van der Waals surface area contributed by atoms with Gasteiger partial charge in [-0.25, -0.2) is 4.68 Å². The van der Waals surface area contributed by atoms with Crippen molar-refractivity contribution in [1.82, 2.24) is 25.5 Å². The van der Waals surface area contributed by atoms with Crippen molar-refractivity contribution < 1.29 is 4.79 Å². The van der Waals surface area contributed by atoms with Gasteiger partial charge in [-0.3, -0.25) is 4.79 Å². The molecule has 0 bridgehead atoms. The van der Waals surface area contributed by atoms with Gasteiger partial charge in [0.15, 0.2) is 0 Å². The molecule has 0 fully saturated rings. The largest absolute Gasteiger partial charge is 0.346 e. The van der Waals surface area contributed by atoms with Crippen LogP contribution in [0.15, 0.2) is 73.1 Å². The first-order valence-electron chi connectivity index (χ1n) is 8.34. The van der Waals surface area contributed by atoms with Crippen molar-refractivity contribution in [2.45, 2.75) is 13.0 Å². The number of carbonyl (C=O) groups excluding carboxylic acids is 1. The van der Waals surface area contributed by atoms with Gasteiger partial charge in [0.05, 0.1) is 11.7 Å². The molecule has 1 N–H and O–H groups in total. The normalized spacial score (nSPS) is 12.0. The summed E-state index contributed by atoms with van der Waals surface area (Å²) >= 11 is 0. The van der Waals surface area contributed by atoms with Crippen LogP contribution in [0.25, 0.3) is 16.5 Å². The Morgan fingerprint density at radius 1 is 1.00 bits per heavy atom. The van der Waals surface area contributed by atoms with E-state index in [0.717, 1.165) is 16.6 Å². The zero-order valence-electron chi connectivity index (χ0n) is 14.2. The summed E-state index contributed by atoms with van der Waals surface area (Å²) in [5.74, 6) is -0.138. The van der Waals surface area contributed by atoms with Crippen LogP contribution < -0.4 is 5.32 Å². The van der Waals surface area contributed by atoms with Crippen LogP contribution in [0.4, 0.5) is 0 Å². The van der Waals surface area contributed by atoms with E-state index in [1.54, 1.807) is 12.1 Å². The molecule has 0 saturated carbocycles. The SMILES string of the molecule is CC(NC(=O)c1cccc(-n2cnnn2)c1)c1ccc2ccccc2c1. The second-order valence-corrected chi connectivity index (χ2v) is 6.11. The number of carbonyl (C=O) groups is 1. The molecule has 1 amide bonds. The fraction of sp³-hybridized carbons (Fsp3) is 0.100. The molecular weight excluding hydrogens is 326 g/mol. The maximum absolute atomic E-state index is 12.6. The van der Waals surface area contributed by atoms with Crippen LogP contribution in [0.1, 0.15) is 28.9 Å². The summed E-state index contributed by atoms with van der Waals surface area (Å²) in [6.45, 7) is 1.98. The molecule has 0 spiro atoms. The van der Waals surface area contributed by atoms with E-state index in [-0.39, 0.29) is 11.9 Å². The molecule has 0 aliphatic carbocycles. The third-order valence-electron chi connectivity index (χ3n) is 4.34. The van der Waals surface area contributed by atoms with E-state index in [1.807, 2.05) is 37.3 Å². The van der Waals surface area contributed by atoms with Crippen molar-refractivity contribution in [3.63, 3.8) is 0 Å². The molecule has 1 atom stereocenters. The van der Waals surface area contributed by atoms with E-state index >= 15 is 0 Å². The Morgan fingerprint density at radius 3 is 2.65 bits per heavy atom. The van der Waals surface area contributed by atoms with Gasteiger partial charge in [-0.15, -0.1) is 5.10 Å². The van der Waals surface area contributed by atoms with Crippen LogP contribution in [0.3, 0.4) is 0 Å². The Bertz CT molecular complexity index is 1060. The minimum atomic E-state index is -0.138. The van der Waals surface area contributed by atoms with Crippen LogP contribution in [0.2, 0.25) is 0 Å². The van der Waals surface area contributed by atoms with Gasteiger partial charge < -0.3 is 5.32 Å². The highest BCUT2D eigenvalue weighted by Crippen LogP contribution is 2.20.